The van der Waals surface area contributed by atoms with Gasteiger partial charge in [-0.1, -0.05) is 36.4 Å². The Kier molecular flexibility index (Phi) is 7.00. The second kappa shape index (κ2) is 9.07. The van der Waals surface area contributed by atoms with E-state index in [1.165, 1.54) is 0 Å². The molecule has 1 aliphatic carbocycles. The Bertz CT molecular complexity index is 882. The van der Waals surface area contributed by atoms with Crippen LogP contribution in [0, 0.1) is 11.3 Å². The highest BCUT2D eigenvalue weighted by atomic mass is 32.1. The molecule has 0 radical (unpaired) electrons. The number of carboxylic acid groups (broad SMARTS) is 1. The van der Waals surface area contributed by atoms with E-state index in [-0.39, 0.29) is 11.8 Å². The van der Waals surface area contributed by atoms with E-state index < -0.39 is 23.7 Å². The van der Waals surface area contributed by atoms with Crippen molar-refractivity contribution < 1.29 is 27.9 Å². The molecule has 2 aromatic rings. The standard InChI is InChI=1S/C17H17N3OS.C2HF3O2/c18-11-17(10-14(17)12-5-2-1-3-6-12)20-16(21)15(19)9-13-7-4-8-22-13;3-2(4,5)1(6)7/h1-8,14-15H,9-10,19H2,(H,20,21);(H,6,7)/t14-,15+,17+;/m0./s1. The fraction of sp³-hybridized carbons (Fsp3) is 0.316. The Morgan fingerprint density at radius 1 is 1.31 bits per heavy atom. The fourth-order valence-electron chi connectivity index (χ4n) is 2.69. The van der Waals surface area contributed by atoms with E-state index in [2.05, 4.69) is 11.4 Å². The first kappa shape index (κ1) is 22.4. The number of alkyl halides is 3. The molecule has 1 amide bonds. The smallest absolute Gasteiger partial charge is 0.475 e. The van der Waals surface area contributed by atoms with Crippen molar-refractivity contribution in [2.75, 3.05) is 0 Å². The lowest BCUT2D eigenvalue weighted by molar-refractivity contribution is -0.192. The third-order valence-corrected chi connectivity index (χ3v) is 5.19. The van der Waals surface area contributed by atoms with Crippen LogP contribution in [0.5, 0.6) is 0 Å². The van der Waals surface area contributed by atoms with Crippen LogP contribution in [0.25, 0.3) is 0 Å². The maximum absolute atomic E-state index is 12.3. The highest BCUT2D eigenvalue weighted by molar-refractivity contribution is 7.09. The monoisotopic (exact) mass is 425 g/mol. The Morgan fingerprint density at radius 3 is 2.41 bits per heavy atom. The van der Waals surface area contributed by atoms with Crippen LogP contribution >= 0.6 is 11.3 Å². The van der Waals surface area contributed by atoms with Crippen LogP contribution in [0.1, 0.15) is 22.8 Å². The van der Waals surface area contributed by atoms with Crippen molar-refractivity contribution in [2.24, 2.45) is 5.73 Å². The minimum atomic E-state index is -5.08. The molecule has 4 N–H and O–H groups in total. The number of carbonyl (C=O) groups is 2. The number of nitrogens with two attached hydrogens (primary N) is 1. The first-order valence-electron chi connectivity index (χ1n) is 8.45. The third kappa shape index (κ3) is 6.04. The van der Waals surface area contributed by atoms with Crippen LogP contribution in [0.4, 0.5) is 13.2 Å². The fourth-order valence-corrected chi connectivity index (χ4v) is 3.46. The topological polar surface area (TPSA) is 116 Å². The second-order valence-corrected chi connectivity index (χ2v) is 7.46. The van der Waals surface area contributed by atoms with Gasteiger partial charge in [-0.15, -0.1) is 11.3 Å². The van der Waals surface area contributed by atoms with Crippen molar-refractivity contribution in [1.82, 2.24) is 5.32 Å². The zero-order chi connectivity index (χ0) is 21.7. The maximum Gasteiger partial charge on any atom is 0.490 e. The highest BCUT2D eigenvalue weighted by Crippen LogP contribution is 2.50. The summed E-state index contributed by atoms with van der Waals surface area (Å²) in [6, 6.07) is 15.3. The van der Waals surface area contributed by atoms with Crippen molar-refractivity contribution in [2.45, 2.75) is 36.5 Å². The van der Waals surface area contributed by atoms with E-state index in [1.54, 1.807) is 11.3 Å². The summed E-state index contributed by atoms with van der Waals surface area (Å²) < 4.78 is 31.7. The van der Waals surface area contributed by atoms with Crippen molar-refractivity contribution in [3.8, 4) is 6.07 Å². The van der Waals surface area contributed by atoms with Gasteiger partial charge in [0.2, 0.25) is 5.91 Å². The number of nitriles is 1. The zero-order valence-electron chi connectivity index (χ0n) is 15.0. The van der Waals surface area contributed by atoms with Gasteiger partial charge in [-0.05, 0) is 23.4 Å². The quantitative estimate of drug-likeness (QED) is 0.681. The number of nitrogens with one attached hydrogen (secondary N) is 1. The SMILES string of the molecule is N#C[C@]1(NC(=O)[C@H](N)Cc2cccs2)C[C@H]1c1ccccc1.O=C(O)C(F)(F)F. The maximum atomic E-state index is 12.3. The van der Waals surface area contributed by atoms with E-state index in [0.29, 0.717) is 12.8 Å². The lowest BCUT2D eigenvalue weighted by atomic mass is 10.1. The average Bonchev–Trinajstić information content (AvgIpc) is 3.15. The lowest BCUT2D eigenvalue weighted by Crippen LogP contribution is -2.47. The molecule has 0 aliphatic heterocycles. The Balaban J connectivity index is 0.000000370. The lowest BCUT2D eigenvalue weighted by Gasteiger charge is -2.16. The molecule has 0 bridgehead atoms. The van der Waals surface area contributed by atoms with Crippen molar-refractivity contribution in [3.63, 3.8) is 0 Å². The number of amides is 1. The van der Waals surface area contributed by atoms with Gasteiger partial charge in [0.15, 0.2) is 0 Å². The van der Waals surface area contributed by atoms with Gasteiger partial charge in [-0.3, -0.25) is 4.79 Å². The van der Waals surface area contributed by atoms with Gasteiger partial charge >= 0.3 is 12.1 Å². The Morgan fingerprint density at radius 2 is 1.93 bits per heavy atom. The molecule has 1 heterocycles. The summed E-state index contributed by atoms with van der Waals surface area (Å²) in [5, 5.41) is 21.4. The van der Waals surface area contributed by atoms with E-state index in [1.807, 2.05) is 47.8 Å². The normalized spacial score (nSPS) is 21.1. The van der Waals surface area contributed by atoms with Gasteiger partial charge in [0.1, 0.15) is 5.54 Å². The van der Waals surface area contributed by atoms with Gasteiger partial charge in [-0.2, -0.15) is 18.4 Å². The van der Waals surface area contributed by atoms with Gasteiger partial charge in [0.05, 0.1) is 12.1 Å². The largest absolute Gasteiger partial charge is 0.490 e. The molecule has 1 aromatic heterocycles. The van der Waals surface area contributed by atoms with Crippen LogP contribution in [-0.4, -0.2) is 34.7 Å². The summed E-state index contributed by atoms with van der Waals surface area (Å²) >= 11 is 1.58. The van der Waals surface area contributed by atoms with E-state index in [9.17, 15) is 23.2 Å². The number of thiophene rings is 1. The third-order valence-electron chi connectivity index (χ3n) is 4.29. The molecule has 10 heteroatoms. The second-order valence-electron chi connectivity index (χ2n) is 6.43. The van der Waals surface area contributed by atoms with Crippen LogP contribution in [-0.2, 0) is 16.0 Å². The molecule has 1 fully saturated rings. The minimum Gasteiger partial charge on any atom is -0.475 e. The van der Waals surface area contributed by atoms with Gasteiger partial charge < -0.3 is 16.2 Å². The number of benzene rings is 1. The molecule has 6 nitrogen and oxygen atoms in total. The van der Waals surface area contributed by atoms with Gasteiger partial charge in [0, 0.05) is 17.2 Å². The highest BCUT2D eigenvalue weighted by Gasteiger charge is 2.57. The number of rotatable bonds is 5. The summed E-state index contributed by atoms with van der Waals surface area (Å²) in [6.45, 7) is 0. The average molecular weight is 425 g/mol. The summed E-state index contributed by atoms with van der Waals surface area (Å²) in [7, 11) is 0. The van der Waals surface area contributed by atoms with Crippen molar-refractivity contribution >= 4 is 23.2 Å². The van der Waals surface area contributed by atoms with Crippen LogP contribution in [0.3, 0.4) is 0 Å². The molecule has 1 saturated carbocycles. The predicted octanol–water partition coefficient (Wildman–Crippen LogP) is 2.82. The van der Waals surface area contributed by atoms with E-state index in [4.69, 9.17) is 15.6 Å². The number of hydrogen-bond acceptors (Lipinski definition) is 5. The molecule has 0 spiro atoms. The Labute approximate surface area is 168 Å². The van der Waals surface area contributed by atoms with Crippen LogP contribution < -0.4 is 11.1 Å². The van der Waals surface area contributed by atoms with Gasteiger partial charge in [0.25, 0.3) is 0 Å². The van der Waals surface area contributed by atoms with E-state index in [0.717, 1.165) is 10.4 Å². The van der Waals surface area contributed by atoms with Crippen LogP contribution in [0.2, 0.25) is 0 Å². The van der Waals surface area contributed by atoms with E-state index >= 15 is 0 Å². The molecular weight excluding hydrogens is 407 g/mol. The number of halogens is 3. The molecule has 154 valence electrons. The molecule has 0 unspecified atom stereocenters. The number of carboxylic acids is 1. The molecule has 29 heavy (non-hydrogen) atoms. The molecule has 1 aromatic carbocycles. The zero-order valence-corrected chi connectivity index (χ0v) is 15.8. The predicted molar refractivity (Wildman–Crippen MR) is 100.0 cm³/mol. The van der Waals surface area contributed by atoms with Crippen molar-refractivity contribution in [1.29, 1.82) is 5.26 Å². The van der Waals surface area contributed by atoms with Crippen molar-refractivity contribution in [3.05, 3.63) is 58.3 Å². The summed E-state index contributed by atoms with van der Waals surface area (Å²) in [5.41, 5.74) is 6.25. The summed E-state index contributed by atoms with van der Waals surface area (Å²) in [5.74, 6) is -2.96. The van der Waals surface area contributed by atoms with Gasteiger partial charge in [-0.25, -0.2) is 4.79 Å². The molecular formula is C19H18F3N3O3S. The molecule has 0 saturated heterocycles. The van der Waals surface area contributed by atoms with Crippen LogP contribution in [0.15, 0.2) is 47.8 Å². The Hall–Kier alpha value is -2.90. The summed E-state index contributed by atoms with van der Waals surface area (Å²) in [4.78, 5) is 22.2. The summed E-state index contributed by atoms with van der Waals surface area (Å²) in [6.07, 6.45) is -3.94. The first-order valence-corrected chi connectivity index (χ1v) is 9.33. The number of aliphatic carboxylic acids is 1. The number of carbonyl (C=O) groups excluding carboxylic acids is 1. The molecule has 3 rings (SSSR count). The molecule has 3 atom stereocenters. The first-order chi connectivity index (χ1) is 13.6. The minimum absolute atomic E-state index is 0.0524. The molecule has 1 aliphatic rings. The number of nitrogens with zero attached hydrogens (tertiary/aromatic N) is 1. The number of hydrogen-bond donors (Lipinski definition) is 3.